The van der Waals surface area contributed by atoms with Crippen LogP contribution in [0.3, 0.4) is 0 Å². The van der Waals surface area contributed by atoms with Crippen LogP contribution in [0, 0.1) is 16.0 Å². The number of nitro groups is 1. The van der Waals surface area contributed by atoms with Gasteiger partial charge in [0, 0.05) is 31.9 Å². The number of nitrogen functional groups attached to an aromatic ring is 1. The van der Waals surface area contributed by atoms with Gasteiger partial charge in [0.1, 0.15) is 0 Å². The molecule has 0 spiro atoms. The first-order valence-corrected chi connectivity index (χ1v) is 6.73. The lowest BCUT2D eigenvalue weighted by atomic mass is 10.0. The van der Waals surface area contributed by atoms with Gasteiger partial charge in [-0.15, -0.1) is 0 Å². The average Bonchev–Trinajstić information content (AvgIpc) is 2.52. The molecular formula is C13H18N4O4. The number of hydrogen-bond donors (Lipinski definition) is 3. The number of nitrogens with two attached hydrogens (primary N) is 1. The van der Waals surface area contributed by atoms with Gasteiger partial charge in [0.2, 0.25) is 0 Å². The Labute approximate surface area is 121 Å². The van der Waals surface area contributed by atoms with Crippen LogP contribution in [0.4, 0.5) is 11.4 Å². The summed E-state index contributed by atoms with van der Waals surface area (Å²) in [5.41, 5.74) is 2.75. The molecule has 21 heavy (non-hydrogen) atoms. The first-order chi connectivity index (χ1) is 10.1. The third-order valence-corrected chi connectivity index (χ3v) is 3.51. The molecule has 1 aromatic carbocycles. The molecule has 1 aliphatic rings. The van der Waals surface area contributed by atoms with Crippen molar-refractivity contribution in [3.63, 3.8) is 0 Å². The summed E-state index contributed by atoms with van der Waals surface area (Å²) in [6.45, 7) is 1.93. The van der Waals surface area contributed by atoms with Gasteiger partial charge in [-0.3, -0.25) is 20.8 Å². The maximum absolute atomic E-state index is 12.2. The number of benzene rings is 1. The van der Waals surface area contributed by atoms with Crippen LogP contribution in [-0.2, 0) is 4.74 Å². The van der Waals surface area contributed by atoms with E-state index in [0.717, 1.165) is 12.8 Å². The topological polar surface area (TPSA) is 120 Å². The second-order valence-electron chi connectivity index (χ2n) is 4.90. The number of anilines is 1. The fourth-order valence-corrected chi connectivity index (χ4v) is 2.24. The maximum Gasteiger partial charge on any atom is 0.270 e. The van der Waals surface area contributed by atoms with E-state index in [9.17, 15) is 14.9 Å². The summed E-state index contributed by atoms with van der Waals surface area (Å²) in [6, 6.07) is 3.93. The lowest BCUT2D eigenvalue weighted by molar-refractivity contribution is -0.384. The molecule has 1 fully saturated rings. The van der Waals surface area contributed by atoms with Crippen LogP contribution in [0.15, 0.2) is 18.2 Å². The molecule has 0 saturated carbocycles. The molecule has 1 aromatic rings. The summed E-state index contributed by atoms with van der Waals surface area (Å²) < 4.78 is 5.26. The Hall–Kier alpha value is -2.19. The summed E-state index contributed by atoms with van der Waals surface area (Å²) in [4.78, 5) is 22.4. The van der Waals surface area contributed by atoms with Gasteiger partial charge >= 0.3 is 0 Å². The Morgan fingerprint density at radius 2 is 2.14 bits per heavy atom. The van der Waals surface area contributed by atoms with Crippen LogP contribution in [0.2, 0.25) is 0 Å². The molecule has 0 atom stereocenters. The number of hydrogen-bond acceptors (Lipinski definition) is 6. The van der Waals surface area contributed by atoms with E-state index < -0.39 is 4.92 Å². The van der Waals surface area contributed by atoms with Gasteiger partial charge in [-0.2, -0.15) is 0 Å². The van der Waals surface area contributed by atoms with Gasteiger partial charge in [0.15, 0.2) is 0 Å². The third kappa shape index (κ3) is 3.89. The van der Waals surface area contributed by atoms with Crippen LogP contribution in [-0.4, -0.2) is 30.6 Å². The monoisotopic (exact) mass is 294 g/mol. The molecule has 114 valence electrons. The van der Waals surface area contributed by atoms with Crippen molar-refractivity contribution in [2.75, 3.05) is 25.2 Å². The first kappa shape index (κ1) is 15.2. The van der Waals surface area contributed by atoms with Crippen molar-refractivity contribution in [3.8, 4) is 0 Å². The minimum Gasteiger partial charge on any atom is -0.381 e. The zero-order valence-electron chi connectivity index (χ0n) is 11.5. The predicted octanol–water partition coefficient (Wildman–Crippen LogP) is 1.04. The van der Waals surface area contributed by atoms with E-state index in [1.807, 2.05) is 0 Å². The van der Waals surface area contributed by atoms with Gasteiger partial charge in [0.05, 0.1) is 16.2 Å². The zero-order valence-corrected chi connectivity index (χ0v) is 11.5. The number of nitrogens with one attached hydrogen (secondary N) is 2. The molecule has 0 unspecified atom stereocenters. The number of rotatable bonds is 5. The summed E-state index contributed by atoms with van der Waals surface area (Å²) >= 11 is 0. The smallest absolute Gasteiger partial charge is 0.270 e. The average molecular weight is 294 g/mol. The van der Waals surface area contributed by atoms with Crippen LogP contribution >= 0.6 is 0 Å². The molecule has 2 rings (SSSR count). The van der Waals surface area contributed by atoms with Gasteiger partial charge < -0.3 is 15.5 Å². The molecule has 8 heteroatoms. The van der Waals surface area contributed by atoms with E-state index in [1.165, 1.54) is 18.2 Å². The number of nitro benzene ring substituents is 1. The number of non-ortho nitro benzene ring substituents is 1. The molecule has 0 aromatic heterocycles. The number of hydrazine groups is 1. The van der Waals surface area contributed by atoms with E-state index in [1.54, 1.807) is 0 Å². The molecule has 1 heterocycles. The van der Waals surface area contributed by atoms with Gasteiger partial charge in [-0.1, -0.05) is 0 Å². The van der Waals surface area contributed by atoms with Crippen LogP contribution in [0.1, 0.15) is 23.2 Å². The SMILES string of the molecule is NNc1ccc([N+](=O)[O-])cc1C(=O)NCC1CCOCC1. The molecule has 1 aliphatic heterocycles. The number of nitrogens with zero attached hydrogens (tertiary/aromatic N) is 1. The summed E-state index contributed by atoms with van der Waals surface area (Å²) in [5.74, 6) is 5.33. The largest absolute Gasteiger partial charge is 0.381 e. The Morgan fingerprint density at radius 3 is 2.76 bits per heavy atom. The predicted molar refractivity (Wildman–Crippen MR) is 76.8 cm³/mol. The highest BCUT2D eigenvalue weighted by Gasteiger charge is 2.19. The standard InChI is InChI=1S/C13H18N4O4/c14-16-12-2-1-10(17(19)20)7-11(12)13(18)15-8-9-3-5-21-6-4-9/h1-2,7,9,16H,3-6,8,14H2,(H,15,18). The Kier molecular flexibility index (Phi) is 5.07. The summed E-state index contributed by atoms with van der Waals surface area (Å²) in [5, 5.41) is 13.6. The van der Waals surface area contributed by atoms with E-state index in [-0.39, 0.29) is 17.2 Å². The van der Waals surface area contributed by atoms with Crippen molar-refractivity contribution < 1.29 is 14.5 Å². The van der Waals surface area contributed by atoms with E-state index in [2.05, 4.69) is 10.7 Å². The Morgan fingerprint density at radius 1 is 1.43 bits per heavy atom. The molecule has 0 aliphatic carbocycles. The molecule has 1 amide bonds. The van der Waals surface area contributed by atoms with Crippen molar-refractivity contribution in [2.45, 2.75) is 12.8 Å². The lowest BCUT2D eigenvalue weighted by Gasteiger charge is -2.22. The van der Waals surface area contributed by atoms with E-state index in [4.69, 9.17) is 10.6 Å². The van der Waals surface area contributed by atoms with Crippen molar-refractivity contribution in [3.05, 3.63) is 33.9 Å². The fourth-order valence-electron chi connectivity index (χ4n) is 2.24. The highest BCUT2D eigenvalue weighted by molar-refractivity contribution is 6.00. The normalized spacial score (nSPS) is 15.5. The summed E-state index contributed by atoms with van der Waals surface area (Å²) in [6.07, 6.45) is 1.80. The zero-order chi connectivity index (χ0) is 15.2. The maximum atomic E-state index is 12.2. The van der Waals surface area contributed by atoms with Gasteiger partial charge in [0.25, 0.3) is 11.6 Å². The second kappa shape index (κ2) is 7.00. The van der Waals surface area contributed by atoms with E-state index in [0.29, 0.717) is 31.4 Å². The fraction of sp³-hybridized carbons (Fsp3) is 0.462. The Balaban J connectivity index is 2.06. The minimum absolute atomic E-state index is 0.148. The Bertz CT molecular complexity index is 529. The molecule has 1 saturated heterocycles. The van der Waals surface area contributed by atoms with Crippen molar-refractivity contribution in [1.29, 1.82) is 0 Å². The van der Waals surface area contributed by atoms with Crippen LogP contribution in [0.5, 0.6) is 0 Å². The van der Waals surface area contributed by atoms with E-state index >= 15 is 0 Å². The first-order valence-electron chi connectivity index (χ1n) is 6.73. The van der Waals surface area contributed by atoms with Gasteiger partial charge in [-0.05, 0) is 24.8 Å². The highest BCUT2D eigenvalue weighted by Crippen LogP contribution is 2.21. The molecule has 0 bridgehead atoms. The number of carbonyl (C=O) groups excluding carboxylic acids is 1. The van der Waals surface area contributed by atoms with Crippen molar-refractivity contribution in [2.24, 2.45) is 11.8 Å². The summed E-state index contributed by atoms with van der Waals surface area (Å²) in [7, 11) is 0. The van der Waals surface area contributed by atoms with Crippen LogP contribution in [0.25, 0.3) is 0 Å². The highest BCUT2D eigenvalue weighted by atomic mass is 16.6. The molecule has 8 nitrogen and oxygen atoms in total. The van der Waals surface area contributed by atoms with Crippen molar-refractivity contribution in [1.82, 2.24) is 5.32 Å². The minimum atomic E-state index is -0.546. The molecule has 4 N–H and O–H groups in total. The second-order valence-corrected chi connectivity index (χ2v) is 4.90. The lowest BCUT2D eigenvalue weighted by Crippen LogP contribution is -2.32. The molecule has 0 radical (unpaired) electrons. The molecular weight excluding hydrogens is 276 g/mol. The number of ether oxygens (including phenoxy) is 1. The number of carbonyl (C=O) groups is 1. The van der Waals surface area contributed by atoms with Crippen molar-refractivity contribution >= 4 is 17.3 Å². The third-order valence-electron chi connectivity index (χ3n) is 3.51. The quantitative estimate of drug-likeness (QED) is 0.424. The van der Waals surface area contributed by atoms with Gasteiger partial charge in [-0.25, -0.2) is 0 Å². The van der Waals surface area contributed by atoms with Crippen LogP contribution < -0.4 is 16.6 Å². The number of amides is 1.